The Bertz CT molecular complexity index is 801. The first-order chi connectivity index (χ1) is 13.7. The molecule has 0 bridgehead atoms. The summed E-state index contributed by atoms with van der Waals surface area (Å²) >= 11 is 0. The second-order valence-electron chi connectivity index (χ2n) is 7.98. The Balaban J connectivity index is 2.07. The third kappa shape index (κ3) is 7.56. The minimum Gasteiger partial charge on any atom is -0.484 e. The fourth-order valence-electron chi connectivity index (χ4n) is 2.80. The van der Waals surface area contributed by atoms with Crippen molar-refractivity contribution in [3.8, 4) is 5.75 Å². The molecule has 0 saturated heterocycles. The van der Waals surface area contributed by atoms with Crippen LogP contribution >= 0.6 is 0 Å². The molecule has 0 radical (unpaired) electrons. The highest BCUT2D eigenvalue weighted by Crippen LogP contribution is 2.13. The summed E-state index contributed by atoms with van der Waals surface area (Å²) in [5.41, 5.74) is 0.678. The summed E-state index contributed by atoms with van der Waals surface area (Å²) < 4.78 is 18.5. The van der Waals surface area contributed by atoms with Gasteiger partial charge in [-0.1, -0.05) is 30.3 Å². The molecule has 6 heteroatoms. The van der Waals surface area contributed by atoms with Gasteiger partial charge >= 0.3 is 0 Å². The minimum atomic E-state index is -0.651. The van der Waals surface area contributed by atoms with Gasteiger partial charge in [0.15, 0.2) is 6.61 Å². The third-order valence-corrected chi connectivity index (χ3v) is 4.33. The second kappa shape index (κ2) is 10.0. The van der Waals surface area contributed by atoms with E-state index in [-0.39, 0.29) is 24.2 Å². The summed E-state index contributed by atoms with van der Waals surface area (Å²) in [6.45, 7) is 7.55. The maximum Gasteiger partial charge on any atom is 0.261 e. The van der Waals surface area contributed by atoms with Gasteiger partial charge in [-0.25, -0.2) is 4.39 Å². The van der Waals surface area contributed by atoms with Crippen LogP contribution in [-0.2, 0) is 16.0 Å². The summed E-state index contributed by atoms with van der Waals surface area (Å²) in [7, 11) is 0. The van der Waals surface area contributed by atoms with Crippen LogP contribution in [0.3, 0.4) is 0 Å². The summed E-state index contributed by atoms with van der Waals surface area (Å²) in [4.78, 5) is 27.0. The summed E-state index contributed by atoms with van der Waals surface area (Å²) in [6.07, 6.45) is 0.621. The Labute approximate surface area is 171 Å². The first kappa shape index (κ1) is 22.4. The van der Waals surface area contributed by atoms with Crippen LogP contribution in [0, 0.1) is 5.82 Å². The van der Waals surface area contributed by atoms with Gasteiger partial charge in [0.25, 0.3) is 5.91 Å². The van der Waals surface area contributed by atoms with Crippen molar-refractivity contribution in [2.75, 3.05) is 13.2 Å². The van der Waals surface area contributed by atoms with Gasteiger partial charge < -0.3 is 15.0 Å². The number of ether oxygens (including phenoxy) is 1. The van der Waals surface area contributed by atoms with Gasteiger partial charge in [-0.05, 0) is 63.9 Å². The van der Waals surface area contributed by atoms with Crippen LogP contribution in [0.1, 0.15) is 33.3 Å². The number of amides is 2. The lowest BCUT2D eigenvalue weighted by atomic mass is 10.1. The van der Waals surface area contributed by atoms with Crippen molar-refractivity contribution < 1.29 is 18.7 Å². The molecule has 0 aliphatic heterocycles. The normalized spacial score (nSPS) is 12.2. The van der Waals surface area contributed by atoms with Crippen LogP contribution in [0.2, 0.25) is 0 Å². The molecule has 0 saturated carbocycles. The molecule has 0 unspecified atom stereocenters. The standard InChI is InChI=1S/C23H29FN2O3/c1-17(22(28)25-23(2,3)4)26(15-14-18-8-6-5-7-9-18)21(27)16-29-20-12-10-19(24)11-13-20/h5-13,17H,14-16H2,1-4H3,(H,25,28)/t17-/m0/s1. The molecule has 2 amide bonds. The predicted octanol–water partition coefficient (Wildman–Crippen LogP) is 3.58. The SMILES string of the molecule is C[C@@H](C(=O)NC(C)(C)C)N(CCc1ccccc1)C(=O)COc1ccc(F)cc1. The van der Waals surface area contributed by atoms with E-state index in [1.54, 1.807) is 6.92 Å². The highest BCUT2D eigenvalue weighted by molar-refractivity contribution is 5.88. The van der Waals surface area contributed by atoms with Crippen molar-refractivity contribution in [3.05, 3.63) is 66.0 Å². The Hall–Kier alpha value is -2.89. The number of nitrogens with one attached hydrogen (secondary N) is 1. The van der Waals surface area contributed by atoms with Crippen molar-refractivity contribution in [2.45, 2.75) is 45.7 Å². The monoisotopic (exact) mass is 400 g/mol. The lowest BCUT2D eigenvalue weighted by Crippen LogP contribution is -2.53. The average molecular weight is 400 g/mol. The Morgan fingerprint density at radius 1 is 1.07 bits per heavy atom. The van der Waals surface area contributed by atoms with E-state index in [9.17, 15) is 14.0 Å². The lowest BCUT2D eigenvalue weighted by molar-refractivity contribution is -0.142. The second-order valence-corrected chi connectivity index (χ2v) is 7.98. The van der Waals surface area contributed by atoms with E-state index in [1.807, 2.05) is 51.1 Å². The van der Waals surface area contributed by atoms with Crippen LogP contribution in [0.4, 0.5) is 4.39 Å². The van der Waals surface area contributed by atoms with Gasteiger partial charge in [-0.2, -0.15) is 0 Å². The average Bonchev–Trinajstić information content (AvgIpc) is 2.67. The topological polar surface area (TPSA) is 58.6 Å². The molecule has 0 aromatic heterocycles. The number of nitrogens with zero attached hydrogens (tertiary/aromatic N) is 1. The Kier molecular flexibility index (Phi) is 7.76. The van der Waals surface area contributed by atoms with Gasteiger partial charge in [0.05, 0.1) is 0 Å². The molecule has 156 valence electrons. The van der Waals surface area contributed by atoms with Gasteiger partial charge in [-0.15, -0.1) is 0 Å². The zero-order chi connectivity index (χ0) is 21.4. The van der Waals surface area contributed by atoms with E-state index in [2.05, 4.69) is 5.32 Å². The number of rotatable bonds is 8. The van der Waals surface area contributed by atoms with E-state index in [4.69, 9.17) is 4.74 Å². The van der Waals surface area contributed by atoms with Crippen molar-refractivity contribution in [1.29, 1.82) is 0 Å². The molecule has 0 fully saturated rings. The fourth-order valence-corrected chi connectivity index (χ4v) is 2.80. The predicted molar refractivity (Wildman–Crippen MR) is 111 cm³/mol. The van der Waals surface area contributed by atoms with E-state index in [0.717, 1.165) is 5.56 Å². The molecule has 0 aliphatic rings. The number of hydrogen-bond donors (Lipinski definition) is 1. The number of halogens is 1. The molecule has 0 heterocycles. The lowest BCUT2D eigenvalue weighted by Gasteiger charge is -2.31. The smallest absolute Gasteiger partial charge is 0.261 e. The van der Waals surface area contributed by atoms with Crippen molar-refractivity contribution in [1.82, 2.24) is 10.2 Å². The molecule has 5 nitrogen and oxygen atoms in total. The molecule has 2 rings (SSSR count). The molecular formula is C23H29FN2O3. The maximum absolute atomic E-state index is 13.0. The van der Waals surface area contributed by atoms with Gasteiger partial charge in [0.1, 0.15) is 17.6 Å². The zero-order valence-corrected chi connectivity index (χ0v) is 17.4. The van der Waals surface area contributed by atoms with Crippen LogP contribution in [0.5, 0.6) is 5.75 Å². The van der Waals surface area contributed by atoms with E-state index in [0.29, 0.717) is 18.7 Å². The van der Waals surface area contributed by atoms with Crippen molar-refractivity contribution >= 4 is 11.8 Å². The fraction of sp³-hybridized carbons (Fsp3) is 0.391. The van der Waals surface area contributed by atoms with Crippen LogP contribution in [0.25, 0.3) is 0 Å². The molecule has 1 atom stereocenters. The van der Waals surface area contributed by atoms with E-state index >= 15 is 0 Å². The molecule has 1 N–H and O–H groups in total. The molecule has 29 heavy (non-hydrogen) atoms. The van der Waals surface area contributed by atoms with Crippen LogP contribution < -0.4 is 10.1 Å². The summed E-state index contributed by atoms with van der Waals surface area (Å²) in [5, 5.41) is 2.92. The van der Waals surface area contributed by atoms with Gasteiger partial charge in [0.2, 0.25) is 5.91 Å². The largest absolute Gasteiger partial charge is 0.484 e. The Morgan fingerprint density at radius 3 is 2.28 bits per heavy atom. The molecule has 0 aliphatic carbocycles. The summed E-state index contributed by atoms with van der Waals surface area (Å²) in [6, 6.07) is 14.6. The third-order valence-electron chi connectivity index (χ3n) is 4.33. The number of carbonyl (C=O) groups is 2. The molecule has 2 aromatic rings. The quantitative estimate of drug-likeness (QED) is 0.737. The summed E-state index contributed by atoms with van der Waals surface area (Å²) in [5.74, 6) is -0.502. The zero-order valence-electron chi connectivity index (χ0n) is 17.4. The highest BCUT2D eigenvalue weighted by atomic mass is 19.1. The highest BCUT2D eigenvalue weighted by Gasteiger charge is 2.28. The van der Waals surface area contributed by atoms with E-state index < -0.39 is 11.6 Å². The Morgan fingerprint density at radius 2 is 1.69 bits per heavy atom. The molecular weight excluding hydrogens is 371 g/mol. The van der Waals surface area contributed by atoms with Crippen molar-refractivity contribution in [3.63, 3.8) is 0 Å². The van der Waals surface area contributed by atoms with Gasteiger partial charge in [-0.3, -0.25) is 9.59 Å². The van der Waals surface area contributed by atoms with Crippen molar-refractivity contribution in [2.24, 2.45) is 0 Å². The number of hydrogen-bond acceptors (Lipinski definition) is 3. The first-order valence-corrected chi connectivity index (χ1v) is 9.69. The molecule has 2 aromatic carbocycles. The van der Waals surface area contributed by atoms with E-state index in [1.165, 1.54) is 29.2 Å². The number of benzene rings is 2. The van der Waals surface area contributed by atoms with Crippen LogP contribution in [0.15, 0.2) is 54.6 Å². The van der Waals surface area contributed by atoms with Crippen LogP contribution in [-0.4, -0.2) is 41.4 Å². The minimum absolute atomic E-state index is 0.222. The maximum atomic E-state index is 13.0. The number of carbonyl (C=O) groups excluding carboxylic acids is 2. The van der Waals surface area contributed by atoms with Gasteiger partial charge in [0, 0.05) is 12.1 Å². The molecule has 0 spiro atoms. The first-order valence-electron chi connectivity index (χ1n) is 9.69.